The molecular weight excluding hydrogens is 222 g/mol. The smallest absolute Gasteiger partial charge is 0.0107 e. The lowest BCUT2D eigenvalue weighted by atomic mass is 10.0. The molecule has 1 heterocycles. The van der Waals surface area contributed by atoms with E-state index in [9.17, 15) is 0 Å². The summed E-state index contributed by atoms with van der Waals surface area (Å²) in [4.78, 5) is 5.16. The summed E-state index contributed by atoms with van der Waals surface area (Å²) in [6.07, 6.45) is 4.48. The molecule has 1 saturated heterocycles. The maximum atomic E-state index is 3.59. The van der Waals surface area contributed by atoms with Crippen LogP contribution in [0.3, 0.4) is 0 Å². The topological polar surface area (TPSA) is 18.5 Å². The molecule has 2 aliphatic rings. The Kier molecular flexibility index (Phi) is 5.93. The Morgan fingerprint density at radius 1 is 1.06 bits per heavy atom. The molecule has 2 fully saturated rings. The largest absolute Gasteiger partial charge is 0.314 e. The highest BCUT2D eigenvalue weighted by molar-refractivity contribution is 4.88. The van der Waals surface area contributed by atoms with E-state index in [0.717, 1.165) is 18.4 Å². The number of hydrogen-bond acceptors (Lipinski definition) is 3. The molecule has 2 rings (SSSR count). The Labute approximate surface area is 113 Å². The SMILES string of the molecule is CCN(CC)CCNCCN1CC2CCCC2C1. The van der Waals surface area contributed by atoms with Gasteiger partial charge in [-0.15, -0.1) is 0 Å². The predicted molar refractivity (Wildman–Crippen MR) is 77.9 cm³/mol. The number of hydrogen-bond donors (Lipinski definition) is 1. The zero-order chi connectivity index (χ0) is 12.8. The fraction of sp³-hybridized carbons (Fsp3) is 1.00. The molecule has 0 aromatic heterocycles. The van der Waals surface area contributed by atoms with Gasteiger partial charge in [0.1, 0.15) is 0 Å². The zero-order valence-corrected chi connectivity index (χ0v) is 12.3. The molecular formula is C15H31N3. The minimum atomic E-state index is 1.04. The van der Waals surface area contributed by atoms with Crippen LogP contribution < -0.4 is 5.32 Å². The first kappa shape index (κ1) is 14.3. The van der Waals surface area contributed by atoms with Crippen molar-refractivity contribution < 1.29 is 0 Å². The van der Waals surface area contributed by atoms with Crippen LogP contribution in [0.15, 0.2) is 0 Å². The van der Waals surface area contributed by atoms with Crippen LogP contribution in [-0.4, -0.2) is 62.2 Å². The van der Waals surface area contributed by atoms with Gasteiger partial charge in [0.2, 0.25) is 0 Å². The summed E-state index contributed by atoms with van der Waals surface area (Å²) in [5.41, 5.74) is 0. The summed E-state index contributed by atoms with van der Waals surface area (Å²) in [5, 5.41) is 3.59. The van der Waals surface area contributed by atoms with E-state index in [1.807, 2.05) is 0 Å². The van der Waals surface area contributed by atoms with Crippen LogP contribution in [0.25, 0.3) is 0 Å². The second-order valence-corrected chi connectivity index (χ2v) is 5.99. The van der Waals surface area contributed by atoms with Crippen LogP contribution >= 0.6 is 0 Å². The van der Waals surface area contributed by atoms with E-state index < -0.39 is 0 Å². The van der Waals surface area contributed by atoms with Gasteiger partial charge in [-0.2, -0.15) is 0 Å². The highest BCUT2D eigenvalue weighted by atomic mass is 15.2. The third kappa shape index (κ3) is 3.94. The van der Waals surface area contributed by atoms with Crippen molar-refractivity contribution in [3.05, 3.63) is 0 Å². The first-order valence-electron chi connectivity index (χ1n) is 7.99. The molecule has 1 aliphatic heterocycles. The third-order valence-electron chi connectivity index (χ3n) is 4.91. The Morgan fingerprint density at radius 3 is 2.33 bits per heavy atom. The molecule has 3 nitrogen and oxygen atoms in total. The van der Waals surface area contributed by atoms with Gasteiger partial charge < -0.3 is 15.1 Å². The molecule has 0 bridgehead atoms. The number of rotatable bonds is 8. The van der Waals surface area contributed by atoms with Gasteiger partial charge in [-0.05, 0) is 37.8 Å². The highest BCUT2D eigenvalue weighted by Crippen LogP contribution is 2.37. The quantitative estimate of drug-likeness (QED) is 0.664. The van der Waals surface area contributed by atoms with Crippen molar-refractivity contribution in [3.8, 4) is 0 Å². The maximum Gasteiger partial charge on any atom is 0.0107 e. The highest BCUT2D eigenvalue weighted by Gasteiger charge is 2.35. The summed E-state index contributed by atoms with van der Waals surface area (Å²) in [6, 6.07) is 0. The van der Waals surface area contributed by atoms with E-state index in [1.165, 1.54) is 65.1 Å². The molecule has 0 aromatic rings. The minimum absolute atomic E-state index is 1.04. The fourth-order valence-electron chi connectivity index (χ4n) is 3.65. The van der Waals surface area contributed by atoms with Crippen molar-refractivity contribution in [3.63, 3.8) is 0 Å². The Morgan fingerprint density at radius 2 is 1.72 bits per heavy atom. The van der Waals surface area contributed by atoms with Gasteiger partial charge in [-0.1, -0.05) is 20.3 Å². The van der Waals surface area contributed by atoms with Crippen LogP contribution in [0.1, 0.15) is 33.1 Å². The summed E-state index contributed by atoms with van der Waals surface area (Å²) in [7, 11) is 0. The van der Waals surface area contributed by atoms with Gasteiger partial charge in [0, 0.05) is 39.3 Å². The fourth-order valence-corrected chi connectivity index (χ4v) is 3.65. The van der Waals surface area contributed by atoms with Gasteiger partial charge in [-0.3, -0.25) is 0 Å². The van der Waals surface area contributed by atoms with Crippen LogP contribution in [0.2, 0.25) is 0 Å². The number of likely N-dealkylation sites (tertiary alicyclic amines) is 1. The molecule has 3 heteroatoms. The molecule has 106 valence electrons. The Balaban J connectivity index is 1.49. The van der Waals surface area contributed by atoms with Gasteiger partial charge in [-0.25, -0.2) is 0 Å². The average Bonchev–Trinajstić information content (AvgIpc) is 2.94. The molecule has 1 saturated carbocycles. The minimum Gasteiger partial charge on any atom is -0.314 e. The van der Waals surface area contributed by atoms with E-state index >= 15 is 0 Å². The first-order valence-corrected chi connectivity index (χ1v) is 7.99. The van der Waals surface area contributed by atoms with Crippen LogP contribution in [0, 0.1) is 11.8 Å². The number of nitrogens with one attached hydrogen (secondary N) is 1. The lowest BCUT2D eigenvalue weighted by molar-refractivity contribution is 0.286. The molecule has 2 unspecified atom stereocenters. The van der Waals surface area contributed by atoms with Crippen molar-refractivity contribution in [2.24, 2.45) is 11.8 Å². The molecule has 0 radical (unpaired) electrons. The molecule has 1 aliphatic carbocycles. The van der Waals surface area contributed by atoms with E-state index in [2.05, 4.69) is 29.0 Å². The van der Waals surface area contributed by atoms with E-state index in [4.69, 9.17) is 0 Å². The molecule has 0 aromatic carbocycles. The van der Waals surface area contributed by atoms with Gasteiger partial charge in [0.05, 0.1) is 0 Å². The number of likely N-dealkylation sites (N-methyl/N-ethyl adjacent to an activating group) is 1. The van der Waals surface area contributed by atoms with Crippen molar-refractivity contribution in [2.75, 3.05) is 52.4 Å². The summed E-state index contributed by atoms with van der Waals surface area (Å²) < 4.78 is 0. The average molecular weight is 253 g/mol. The summed E-state index contributed by atoms with van der Waals surface area (Å²) in [6.45, 7) is 14.3. The van der Waals surface area contributed by atoms with E-state index in [-0.39, 0.29) is 0 Å². The lowest BCUT2D eigenvalue weighted by Gasteiger charge is -2.20. The standard InChI is InChI=1S/C15H31N3/c1-3-17(4-2)10-8-16-9-11-18-12-14-6-5-7-15(14)13-18/h14-16H,3-13H2,1-2H3. The van der Waals surface area contributed by atoms with E-state index in [0.29, 0.717) is 0 Å². The molecule has 2 atom stereocenters. The summed E-state index contributed by atoms with van der Waals surface area (Å²) in [5.74, 6) is 2.08. The first-order chi connectivity index (χ1) is 8.83. The Hall–Kier alpha value is -0.120. The van der Waals surface area contributed by atoms with Gasteiger partial charge in [0.15, 0.2) is 0 Å². The number of nitrogens with zero attached hydrogens (tertiary/aromatic N) is 2. The second-order valence-electron chi connectivity index (χ2n) is 5.99. The third-order valence-corrected chi connectivity index (χ3v) is 4.91. The van der Waals surface area contributed by atoms with Crippen molar-refractivity contribution in [2.45, 2.75) is 33.1 Å². The number of fused-ring (bicyclic) bond motifs is 1. The van der Waals surface area contributed by atoms with Crippen LogP contribution in [0.5, 0.6) is 0 Å². The predicted octanol–water partition coefficient (Wildman–Crippen LogP) is 1.65. The van der Waals surface area contributed by atoms with Crippen molar-refractivity contribution >= 4 is 0 Å². The molecule has 18 heavy (non-hydrogen) atoms. The summed E-state index contributed by atoms with van der Waals surface area (Å²) >= 11 is 0. The normalized spacial score (nSPS) is 28.2. The monoisotopic (exact) mass is 253 g/mol. The Bertz CT molecular complexity index is 216. The zero-order valence-electron chi connectivity index (χ0n) is 12.3. The van der Waals surface area contributed by atoms with Crippen LogP contribution in [-0.2, 0) is 0 Å². The van der Waals surface area contributed by atoms with Crippen molar-refractivity contribution in [1.82, 2.24) is 15.1 Å². The second kappa shape index (κ2) is 7.46. The lowest BCUT2D eigenvalue weighted by Crippen LogP contribution is -2.36. The molecule has 1 N–H and O–H groups in total. The van der Waals surface area contributed by atoms with Crippen molar-refractivity contribution in [1.29, 1.82) is 0 Å². The van der Waals surface area contributed by atoms with Crippen LogP contribution in [0.4, 0.5) is 0 Å². The van der Waals surface area contributed by atoms with E-state index in [1.54, 1.807) is 0 Å². The van der Waals surface area contributed by atoms with Gasteiger partial charge in [0.25, 0.3) is 0 Å². The van der Waals surface area contributed by atoms with Gasteiger partial charge >= 0.3 is 0 Å². The maximum absolute atomic E-state index is 3.59. The molecule has 0 spiro atoms. The molecule has 0 amide bonds.